The molecule has 2 saturated heterocycles. The van der Waals surface area contributed by atoms with Crippen molar-refractivity contribution in [2.75, 3.05) is 32.7 Å². The molecular formula is C18H23F6N3O5S. The van der Waals surface area contributed by atoms with Gasteiger partial charge in [-0.05, 0) is 35.4 Å². The van der Waals surface area contributed by atoms with Gasteiger partial charge in [-0.1, -0.05) is 6.92 Å². The van der Waals surface area contributed by atoms with E-state index in [1.165, 1.54) is 5.56 Å². The number of hydrogen-bond donors (Lipinski definition) is 3. The van der Waals surface area contributed by atoms with Gasteiger partial charge in [0.1, 0.15) is 0 Å². The molecular weight excluding hydrogens is 484 g/mol. The highest BCUT2D eigenvalue weighted by Crippen LogP contribution is 2.30. The van der Waals surface area contributed by atoms with Crippen LogP contribution < -0.4 is 5.32 Å². The number of rotatable bonds is 3. The second-order valence-electron chi connectivity index (χ2n) is 7.21. The quantitative estimate of drug-likeness (QED) is 0.539. The van der Waals surface area contributed by atoms with Gasteiger partial charge in [0, 0.05) is 26.2 Å². The van der Waals surface area contributed by atoms with Gasteiger partial charge in [0.25, 0.3) is 0 Å². The minimum absolute atomic E-state index is 0.165. The van der Waals surface area contributed by atoms with Gasteiger partial charge >= 0.3 is 24.3 Å². The molecule has 1 amide bonds. The molecule has 1 aromatic heterocycles. The predicted octanol–water partition coefficient (Wildman–Crippen LogP) is 2.41. The fourth-order valence-electron chi connectivity index (χ4n) is 3.34. The maximum Gasteiger partial charge on any atom is 0.490 e. The van der Waals surface area contributed by atoms with E-state index in [9.17, 15) is 31.1 Å². The van der Waals surface area contributed by atoms with E-state index in [0.29, 0.717) is 6.54 Å². The zero-order valence-corrected chi connectivity index (χ0v) is 18.2. The molecule has 1 unspecified atom stereocenters. The second-order valence-corrected chi connectivity index (χ2v) is 7.99. The summed E-state index contributed by atoms with van der Waals surface area (Å²) in [5, 5.41) is 21.7. The summed E-state index contributed by atoms with van der Waals surface area (Å²) in [5.74, 6) is -5.34. The molecule has 1 atom stereocenters. The summed E-state index contributed by atoms with van der Waals surface area (Å²) in [6.07, 6.45) is -9.01. The summed E-state index contributed by atoms with van der Waals surface area (Å²) < 4.78 is 63.5. The van der Waals surface area contributed by atoms with Crippen molar-refractivity contribution in [1.29, 1.82) is 0 Å². The van der Waals surface area contributed by atoms with Crippen LogP contribution >= 0.6 is 11.3 Å². The van der Waals surface area contributed by atoms with E-state index in [1.807, 2.05) is 0 Å². The van der Waals surface area contributed by atoms with Crippen LogP contribution in [0.25, 0.3) is 0 Å². The average molecular weight is 507 g/mol. The third-order valence-corrected chi connectivity index (χ3v) is 5.62. The Hall–Kier alpha value is -2.39. The maximum atomic E-state index is 11.5. The maximum absolute atomic E-state index is 11.5. The number of likely N-dealkylation sites (tertiary alicyclic amines) is 1. The third kappa shape index (κ3) is 9.17. The average Bonchev–Trinajstić information content (AvgIpc) is 3.34. The van der Waals surface area contributed by atoms with E-state index < -0.39 is 24.3 Å². The SMILES string of the molecule is CCN1CC(=O)NCC12CCN(Cc1ccsc1)C2.O=C(O)C(F)(F)F.O=C(O)C(F)(F)F. The molecule has 2 aliphatic heterocycles. The zero-order valence-electron chi connectivity index (χ0n) is 17.4. The monoisotopic (exact) mass is 507 g/mol. The molecule has 33 heavy (non-hydrogen) atoms. The van der Waals surface area contributed by atoms with Gasteiger partial charge in [0.2, 0.25) is 5.91 Å². The zero-order chi connectivity index (χ0) is 25.4. The van der Waals surface area contributed by atoms with E-state index in [1.54, 1.807) is 11.3 Å². The van der Waals surface area contributed by atoms with Gasteiger partial charge in [0.15, 0.2) is 0 Å². The Labute approximate surface area is 188 Å². The van der Waals surface area contributed by atoms with Crippen LogP contribution in [0.5, 0.6) is 0 Å². The van der Waals surface area contributed by atoms with Gasteiger partial charge in [0.05, 0.1) is 12.1 Å². The van der Waals surface area contributed by atoms with Crippen LogP contribution in [0.3, 0.4) is 0 Å². The molecule has 188 valence electrons. The largest absolute Gasteiger partial charge is 0.490 e. The van der Waals surface area contributed by atoms with Crippen LogP contribution in [0.1, 0.15) is 18.9 Å². The summed E-state index contributed by atoms with van der Waals surface area (Å²) in [7, 11) is 0. The lowest BCUT2D eigenvalue weighted by molar-refractivity contribution is -0.193. The molecule has 3 rings (SSSR count). The summed E-state index contributed by atoms with van der Waals surface area (Å²) in [5.41, 5.74) is 1.57. The van der Waals surface area contributed by atoms with Gasteiger partial charge in [-0.15, -0.1) is 0 Å². The van der Waals surface area contributed by atoms with Crippen LogP contribution in [-0.2, 0) is 20.9 Å². The summed E-state index contributed by atoms with van der Waals surface area (Å²) >= 11 is 1.76. The molecule has 0 bridgehead atoms. The van der Waals surface area contributed by atoms with Crippen molar-refractivity contribution in [3.8, 4) is 0 Å². The Kier molecular flexibility index (Phi) is 10.1. The van der Waals surface area contributed by atoms with E-state index in [0.717, 1.165) is 39.1 Å². The number of nitrogens with zero attached hydrogens (tertiary/aromatic N) is 2. The number of halogens is 6. The number of likely N-dealkylation sites (N-methyl/N-ethyl adjacent to an activating group) is 1. The van der Waals surface area contributed by atoms with Crippen LogP contribution in [0.4, 0.5) is 26.3 Å². The molecule has 1 spiro atoms. The highest BCUT2D eigenvalue weighted by atomic mass is 32.1. The molecule has 15 heteroatoms. The fourth-order valence-corrected chi connectivity index (χ4v) is 4.00. The number of alkyl halides is 6. The number of piperazine rings is 1. The van der Waals surface area contributed by atoms with Crippen LogP contribution in [0.2, 0.25) is 0 Å². The number of amides is 1. The van der Waals surface area contributed by atoms with Crippen molar-refractivity contribution in [3.63, 3.8) is 0 Å². The number of carbonyl (C=O) groups excluding carboxylic acids is 1. The van der Waals surface area contributed by atoms with E-state index in [-0.39, 0.29) is 11.4 Å². The summed E-state index contributed by atoms with van der Waals surface area (Å²) in [6, 6.07) is 2.20. The molecule has 2 fully saturated rings. The molecule has 0 aromatic carbocycles. The van der Waals surface area contributed by atoms with Crippen molar-refractivity contribution in [3.05, 3.63) is 22.4 Å². The number of carboxylic acids is 2. The number of aliphatic carboxylic acids is 2. The van der Waals surface area contributed by atoms with Gasteiger partial charge in [-0.3, -0.25) is 14.6 Å². The van der Waals surface area contributed by atoms with Crippen molar-refractivity contribution in [1.82, 2.24) is 15.1 Å². The molecule has 2 aliphatic rings. The smallest absolute Gasteiger partial charge is 0.475 e. The third-order valence-electron chi connectivity index (χ3n) is 4.88. The summed E-state index contributed by atoms with van der Waals surface area (Å²) in [6.45, 7) is 7.71. The lowest BCUT2D eigenvalue weighted by Gasteiger charge is -2.44. The Bertz CT molecular complexity index is 778. The standard InChI is InChI=1S/C14H21N3OS.2C2HF3O2/c1-2-17-8-13(18)15-10-14(17)4-5-16(11-14)7-12-3-6-19-9-12;2*3-2(4,5)1(6)7/h3,6,9H,2,4-5,7-8,10-11H2,1H3,(H,15,18);2*(H,6,7). The molecule has 8 nitrogen and oxygen atoms in total. The highest BCUT2D eigenvalue weighted by molar-refractivity contribution is 7.07. The van der Waals surface area contributed by atoms with Crippen molar-refractivity contribution in [2.24, 2.45) is 0 Å². The van der Waals surface area contributed by atoms with Crippen molar-refractivity contribution in [2.45, 2.75) is 37.8 Å². The second kappa shape index (κ2) is 11.7. The van der Waals surface area contributed by atoms with E-state index in [2.05, 4.69) is 38.9 Å². The number of thiophene rings is 1. The number of nitrogens with one attached hydrogen (secondary N) is 1. The number of hydrogen-bond acceptors (Lipinski definition) is 6. The molecule has 0 radical (unpaired) electrons. The van der Waals surface area contributed by atoms with E-state index >= 15 is 0 Å². The Morgan fingerprint density at radius 1 is 1.15 bits per heavy atom. The summed E-state index contributed by atoms with van der Waals surface area (Å²) in [4.78, 5) is 34.2. The minimum Gasteiger partial charge on any atom is -0.475 e. The normalized spacial score (nSPS) is 21.5. The topological polar surface area (TPSA) is 110 Å². The first kappa shape index (κ1) is 28.6. The van der Waals surface area contributed by atoms with Crippen LogP contribution in [0, 0.1) is 0 Å². The number of carboxylic acid groups (broad SMARTS) is 2. The van der Waals surface area contributed by atoms with E-state index in [4.69, 9.17) is 19.8 Å². The fraction of sp³-hybridized carbons (Fsp3) is 0.611. The van der Waals surface area contributed by atoms with Gasteiger partial charge < -0.3 is 15.5 Å². The van der Waals surface area contributed by atoms with Crippen molar-refractivity contribution < 1.29 is 50.9 Å². The highest BCUT2D eigenvalue weighted by Gasteiger charge is 2.45. The Morgan fingerprint density at radius 3 is 2.12 bits per heavy atom. The van der Waals surface area contributed by atoms with Crippen molar-refractivity contribution >= 4 is 29.2 Å². The Balaban J connectivity index is 0.000000324. The predicted molar refractivity (Wildman–Crippen MR) is 105 cm³/mol. The molecule has 3 heterocycles. The first-order chi connectivity index (χ1) is 15.1. The molecule has 0 saturated carbocycles. The lowest BCUT2D eigenvalue weighted by atomic mass is 9.93. The molecule has 1 aromatic rings. The molecule has 0 aliphatic carbocycles. The van der Waals surface area contributed by atoms with Crippen LogP contribution in [-0.4, -0.2) is 88.5 Å². The molecule has 3 N–H and O–H groups in total. The first-order valence-corrected chi connectivity index (χ1v) is 10.4. The van der Waals surface area contributed by atoms with Gasteiger partial charge in [-0.2, -0.15) is 37.7 Å². The Morgan fingerprint density at radius 2 is 1.70 bits per heavy atom. The lowest BCUT2D eigenvalue weighted by Crippen LogP contribution is -2.64. The van der Waals surface area contributed by atoms with Gasteiger partial charge in [-0.25, -0.2) is 9.59 Å². The first-order valence-electron chi connectivity index (χ1n) is 9.46. The number of carbonyl (C=O) groups is 3. The van der Waals surface area contributed by atoms with Crippen LogP contribution in [0.15, 0.2) is 16.8 Å². The minimum atomic E-state index is -5.08.